The van der Waals surface area contributed by atoms with Gasteiger partial charge in [-0.25, -0.2) is 4.98 Å². The molecule has 2 heterocycles. The first-order valence-electron chi connectivity index (χ1n) is 7.16. The predicted molar refractivity (Wildman–Crippen MR) is 75.2 cm³/mol. The fourth-order valence-corrected chi connectivity index (χ4v) is 2.87. The molecule has 0 aromatic carbocycles. The lowest BCUT2D eigenvalue weighted by Gasteiger charge is -2.18. The van der Waals surface area contributed by atoms with Crippen LogP contribution in [0.4, 0.5) is 5.82 Å². The molecule has 0 radical (unpaired) electrons. The van der Waals surface area contributed by atoms with Gasteiger partial charge in [0.25, 0.3) is 5.78 Å². The smallest absolute Gasteiger partial charge is 0.254 e. The third kappa shape index (κ3) is 2.69. The molecular formula is C14H21N5. The van der Waals surface area contributed by atoms with Gasteiger partial charge in [-0.2, -0.15) is 14.6 Å². The number of nitrogens with zero attached hydrogens (tertiary/aromatic N) is 4. The molecule has 1 fully saturated rings. The van der Waals surface area contributed by atoms with E-state index < -0.39 is 0 Å². The maximum atomic E-state index is 4.37. The Morgan fingerprint density at radius 2 is 2.16 bits per heavy atom. The average Bonchev–Trinajstić information content (AvgIpc) is 2.74. The van der Waals surface area contributed by atoms with Crippen LogP contribution in [-0.4, -0.2) is 25.6 Å². The maximum Gasteiger partial charge on any atom is 0.254 e. The second-order valence-corrected chi connectivity index (χ2v) is 5.71. The van der Waals surface area contributed by atoms with E-state index in [1.807, 2.05) is 6.92 Å². The van der Waals surface area contributed by atoms with Crippen molar-refractivity contribution in [2.75, 3.05) is 5.32 Å². The van der Waals surface area contributed by atoms with E-state index in [0.717, 1.165) is 17.4 Å². The molecule has 5 nitrogen and oxygen atoms in total. The van der Waals surface area contributed by atoms with E-state index in [1.165, 1.54) is 32.1 Å². The number of aromatic nitrogens is 4. The van der Waals surface area contributed by atoms with Crippen molar-refractivity contribution in [1.82, 2.24) is 19.6 Å². The van der Waals surface area contributed by atoms with Gasteiger partial charge >= 0.3 is 0 Å². The van der Waals surface area contributed by atoms with Gasteiger partial charge in [-0.1, -0.05) is 19.8 Å². The Hall–Kier alpha value is -1.65. The van der Waals surface area contributed by atoms with Crippen LogP contribution in [0.15, 0.2) is 12.4 Å². The molecule has 102 valence electrons. The van der Waals surface area contributed by atoms with E-state index in [4.69, 9.17) is 0 Å². The molecule has 2 atom stereocenters. The summed E-state index contributed by atoms with van der Waals surface area (Å²) in [7, 11) is 0. The molecular weight excluding hydrogens is 238 g/mol. The lowest BCUT2D eigenvalue weighted by atomic mass is 10.0. The Bertz CT molecular complexity index is 562. The van der Waals surface area contributed by atoms with Gasteiger partial charge in [0.1, 0.15) is 12.1 Å². The molecule has 2 aromatic rings. The Labute approximate surface area is 113 Å². The average molecular weight is 259 g/mol. The second kappa shape index (κ2) is 5.15. The molecule has 19 heavy (non-hydrogen) atoms. The first-order chi connectivity index (χ1) is 9.22. The largest absolute Gasteiger partial charge is 0.367 e. The molecule has 0 saturated heterocycles. The summed E-state index contributed by atoms with van der Waals surface area (Å²) in [5.74, 6) is 2.54. The van der Waals surface area contributed by atoms with Gasteiger partial charge in [-0.15, -0.1) is 0 Å². The molecule has 2 aromatic heterocycles. The quantitative estimate of drug-likeness (QED) is 0.843. The van der Waals surface area contributed by atoms with Crippen LogP contribution < -0.4 is 5.32 Å². The highest BCUT2D eigenvalue weighted by Gasteiger charge is 2.17. The SMILES string of the molecule is Cc1cc(NC2CCCC(C)CC2)n2ncnc2n1. The summed E-state index contributed by atoms with van der Waals surface area (Å²) in [6.45, 7) is 4.35. The number of aryl methyl sites for hydroxylation is 1. The fourth-order valence-electron chi connectivity index (χ4n) is 2.87. The van der Waals surface area contributed by atoms with Crippen molar-refractivity contribution < 1.29 is 0 Å². The molecule has 1 aliphatic rings. The molecule has 1 N–H and O–H groups in total. The summed E-state index contributed by atoms with van der Waals surface area (Å²) < 4.78 is 1.79. The van der Waals surface area contributed by atoms with Crippen molar-refractivity contribution in [1.29, 1.82) is 0 Å². The summed E-state index contributed by atoms with van der Waals surface area (Å²) in [6.07, 6.45) is 8.00. The van der Waals surface area contributed by atoms with Gasteiger partial charge in [0.2, 0.25) is 0 Å². The van der Waals surface area contributed by atoms with Gasteiger partial charge < -0.3 is 5.32 Å². The van der Waals surface area contributed by atoms with Crippen molar-refractivity contribution in [3.63, 3.8) is 0 Å². The first kappa shape index (κ1) is 12.4. The van der Waals surface area contributed by atoms with Crippen LogP contribution in [-0.2, 0) is 0 Å². The summed E-state index contributed by atoms with van der Waals surface area (Å²) >= 11 is 0. The lowest BCUT2D eigenvalue weighted by molar-refractivity contribution is 0.501. The number of fused-ring (bicyclic) bond motifs is 1. The van der Waals surface area contributed by atoms with Crippen molar-refractivity contribution in [2.24, 2.45) is 5.92 Å². The van der Waals surface area contributed by atoms with Gasteiger partial charge in [0.15, 0.2) is 0 Å². The zero-order valence-corrected chi connectivity index (χ0v) is 11.6. The second-order valence-electron chi connectivity index (χ2n) is 5.71. The summed E-state index contributed by atoms with van der Waals surface area (Å²) in [4.78, 5) is 8.53. The molecule has 5 heteroatoms. The van der Waals surface area contributed by atoms with E-state index >= 15 is 0 Å². The molecule has 0 spiro atoms. The minimum Gasteiger partial charge on any atom is -0.367 e. The van der Waals surface area contributed by atoms with E-state index in [1.54, 1.807) is 10.8 Å². The van der Waals surface area contributed by atoms with Gasteiger partial charge in [0.05, 0.1) is 0 Å². The standard InChI is InChI=1S/C14H21N5/c1-10-4-3-5-12(7-6-10)18-13-8-11(2)17-14-15-9-16-19(13)14/h8-10,12,18H,3-7H2,1-2H3. The van der Waals surface area contributed by atoms with Crippen LogP contribution in [0.3, 0.4) is 0 Å². The van der Waals surface area contributed by atoms with Crippen molar-refractivity contribution in [3.05, 3.63) is 18.1 Å². The molecule has 1 aliphatic carbocycles. The molecule has 0 bridgehead atoms. The van der Waals surface area contributed by atoms with E-state index in [-0.39, 0.29) is 0 Å². The molecule has 0 aliphatic heterocycles. The van der Waals surface area contributed by atoms with Crippen LogP contribution in [0.2, 0.25) is 0 Å². The Morgan fingerprint density at radius 3 is 3.05 bits per heavy atom. The van der Waals surface area contributed by atoms with Crippen molar-refractivity contribution in [2.45, 2.75) is 52.0 Å². The minimum atomic E-state index is 0.541. The molecule has 0 amide bonds. The summed E-state index contributed by atoms with van der Waals surface area (Å²) in [6, 6.07) is 2.59. The highest BCUT2D eigenvalue weighted by Crippen LogP contribution is 2.25. The van der Waals surface area contributed by atoms with Crippen molar-refractivity contribution >= 4 is 11.6 Å². The Balaban J connectivity index is 1.82. The third-order valence-corrected chi connectivity index (χ3v) is 3.99. The zero-order valence-electron chi connectivity index (χ0n) is 11.6. The van der Waals surface area contributed by atoms with Gasteiger partial charge in [-0.05, 0) is 32.1 Å². The van der Waals surface area contributed by atoms with E-state index in [9.17, 15) is 0 Å². The maximum absolute atomic E-state index is 4.37. The topological polar surface area (TPSA) is 55.1 Å². The number of hydrogen-bond donors (Lipinski definition) is 1. The fraction of sp³-hybridized carbons (Fsp3) is 0.643. The number of hydrogen-bond acceptors (Lipinski definition) is 4. The summed E-state index contributed by atoms with van der Waals surface area (Å²) in [5, 5.41) is 7.88. The zero-order chi connectivity index (χ0) is 13.2. The highest BCUT2D eigenvalue weighted by molar-refractivity contribution is 5.45. The van der Waals surface area contributed by atoms with Crippen molar-refractivity contribution in [3.8, 4) is 0 Å². The number of nitrogens with one attached hydrogen (secondary N) is 1. The van der Waals surface area contributed by atoms with E-state index in [2.05, 4.69) is 33.4 Å². The van der Waals surface area contributed by atoms with Crippen LogP contribution in [0.25, 0.3) is 5.78 Å². The van der Waals surface area contributed by atoms with E-state index in [0.29, 0.717) is 11.8 Å². The minimum absolute atomic E-state index is 0.541. The van der Waals surface area contributed by atoms with Crippen LogP contribution in [0.1, 0.15) is 44.7 Å². The molecule has 2 unspecified atom stereocenters. The lowest BCUT2D eigenvalue weighted by Crippen LogP contribution is -2.20. The number of rotatable bonds is 2. The normalized spacial score (nSPS) is 24.3. The number of anilines is 1. The van der Waals surface area contributed by atoms with Gasteiger partial charge in [-0.3, -0.25) is 0 Å². The Morgan fingerprint density at radius 1 is 1.26 bits per heavy atom. The molecule has 1 saturated carbocycles. The first-order valence-corrected chi connectivity index (χ1v) is 7.16. The Kier molecular flexibility index (Phi) is 3.36. The monoisotopic (exact) mass is 259 g/mol. The van der Waals surface area contributed by atoms with Crippen LogP contribution in [0.5, 0.6) is 0 Å². The van der Waals surface area contributed by atoms with Crippen LogP contribution in [0, 0.1) is 12.8 Å². The summed E-state index contributed by atoms with van der Waals surface area (Å²) in [5.41, 5.74) is 0.977. The predicted octanol–water partition coefficient (Wildman–Crippen LogP) is 2.81. The third-order valence-electron chi connectivity index (χ3n) is 3.99. The van der Waals surface area contributed by atoms with Crippen LogP contribution >= 0.6 is 0 Å². The molecule has 3 rings (SSSR count). The highest BCUT2D eigenvalue weighted by atomic mass is 15.4. The van der Waals surface area contributed by atoms with Gasteiger partial charge in [0, 0.05) is 17.8 Å².